The SMILES string of the molecule is NCC(Oc1ccc(F)c(Cl)c1)c1ccsc1. The highest BCUT2D eigenvalue weighted by Crippen LogP contribution is 2.26. The van der Waals surface area contributed by atoms with Gasteiger partial charge in [-0.2, -0.15) is 11.3 Å². The van der Waals surface area contributed by atoms with Crippen LogP contribution in [0.25, 0.3) is 0 Å². The number of hydrogen-bond acceptors (Lipinski definition) is 3. The second kappa shape index (κ2) is 5.49. The van der Waals surface area contributed by atoms with Crippen molar-refractivity contribution in [3.63, 3.8) is 0 Å². The van der Waals surface area contributed by atoms with Gasteiger partial charge in [0, 0.05) is 18.2 Å². The summed E-state index contributed by atoms with van der Waals surface area (Å²) >= 11 is 7.26. The molecule has 17 heavy (non-hydrogen) atoms. The highest BCUT2D eigenvalue weighted by molar-refractivity contribution is 7.07. The largest absolute Gasteiger partial charge is 0.484 e. The average Bonchev–Trinajstić information content (AvgIpc) is 2.84. The van der Waals surface area contributed by atoms with Crippen molar-refractivity contribution in [1.82, 2.24) is 0 Å². The zero-order chi connectivity index (χ0) is 12.3. The van der Waals surface area contributed by atoms with E-state index < -0.39 is 5.82 Å². The molecule has 0 aliphatic carbocycles. The lowest BCUT2D eigenvalue weighted by Crippen LogP contribution is -2.17. The van der Waals surface area contributed by atoms with E-state index in [0.717, 1.165) is 5.56 Å². The third-order valence-electron chi connectivity index (χ3n) is 2.30. The summed E-state index contributed by atoms with van der Waals surface area (Å²) in [5, 5.41) is 3.98. The maximum atomic E-state index is 13.0. The molecule has 1 aromatic carbocycles. The minimum atomic E-state index is -0.459. The molecule has 2 N–H and O–H groups in total. The van der Waals surface area contributed by atoms with Gasteiger partial charge in [0.15, 0.2) is 0 Å². The standard InChI is InChI=1S/C12H11ClFNOS/c13-10-5-9(1-2-11(10)14)16-12(6-15)8-3-4-17-7-8/h1-5,7,12H,6,15H2. The van der Waals surface area contributed by atoms with Crippen molar-refractivity contribution < 1.29 is 9.13 Å². The first-order chi connectivity index (χ1) is 8.20. The van der Waals surface area contributed by atoms with Crippen LogP contribution < -0.4 is 10.5 Å². The average molecular weight is 272 g/mol. The van der Waals surface area contributed by atoms with Gasteiger partial charge in [0.1, 0.15) is 17.7 Å². The van der Waals surface area contributed by atoms with Gasteiger partial charge in [0.2, 0.25) is 0 Å². The van der Waals surface area contributed by atoms with E-state index in [4.69, 9.17) is 22.1 Å². The minimum absolute atomic E-state index is 0.0450. The first-order valence-corrected chi connectivity index (χ1v) is 6.36. The van der Waals surface area contributed by atoms with Crippen molar-refractivity contribution in [3.8, 4) is 5.75 Å². The fourth-order valence-corrected chi connectivity index (χ4v) is 2.30. The molecule has 1 atom stereocenters. The number of hydrogen-bond donors (Lipinski definition) is 1. The number of ether oxygens (including phenoxy) is 1. The lowest BCUT2D eigenvalue weighted by molar-refractivity contribution is 0.214. The molecular formula is C12H11ClFNOS. The first kappa shape index (κ1) is 12.4. The monoisotopic (exact) mass is 271 g/mol. The van der Waals surface area contributed by atoms with Crippen molar-refractivity contribution in [1.29, 1.82) is 0 Å². The molecule has 0 aliphatic heterocycles. The van der Waals surface area contributed by atoms with E-state index >= 15 is 0 Å². The van der Waals surface area contributed by atoms with Crippen molar-refractivity contribution in [2.24, 2.45) is 5.73 Å². The predicted molar refractivity (Wildman–Crippen MR) is 68.2 cm³/mol. The van der Waals surface area contributed by atoms with Crippen LogP contribution in [0.5, 0.6) is 5.75 Å². The number of rotatable bonds is 4. The van der Waals surface area contributed by atoms with Crippen LogP contribution >= 0.6 is 22.9 Å². The summed E-state index contributed by atoms with van der Waals surface area (Å²) < 4.78 is 18.7. The Balaban J connectivity index is 2.16. The lowest BCUT2D eigenvalue weighted by Gasteiger charge is -2.16. The highest BCUT2D eigenvalue weighted by atomic mass is 35.5. The van der Waals surface area contributed by atoms with Crippen LogP contribution in [0.3, 0.4) is 0 Å². The number of benzene rings is 1. The summed E-state index contributed by atoms with van der Waals surface area (Å²) in [7, 11) is 0. The third-order valence-corrected chi connectivity index (χ3v) is 3.29. The van der Waals surface area contributed by atoms with E-state index in [1.165, 1.54) is 18.2 Å². The van der Waals surface area contributed by atoms with Gasteiger partial charge in [0.25, 0.3) is 0 Å². The Hall–Kier alpha value is -1.10. The Kier molecular flexibility index (Phi) is 3.99. The molecule has 0 fully saturated rings. The van der Waals surface area contributed by atoms with Crippen molar-refractivity contribution in [3.05, 3.63) is 51.4 Å². The molecule has 90 valence electrons. The van der Waals surface area contributed by atoms with Crippen molar-refractivity contribution in [2.45, 2.75) is 6.10 Å². The van der Waals surface area contributed by atoms with Gasteiger partial charge in [-0.05, 0) is 29.0 Å². The van der Waals surface area contributed by atoms with E-state index in [0.29, 0.717) is 12.3 Å². The van der Waals surface area contributed by atoms with Gasteiger partial charge >= 0.3 is 0 Å². The second-order valence-corrected chi connectivity index (χ2v) is 4.66. The van der Waals surface area contributed by atoms with Crippen LogP contribution in [-0.2, 0) is 0 Å². The summed E-state index contributed by atoms with van der Waals surface area (Å²) in [6.45, 7) is 0.353. The molecule has 0 spiro atoms. The van der Waals surface area contributed by atoms with E-state index in [1.807, 2.05) is 16.8 Å². The van der Waals surface area contributed by atoms with Gasteiger partial charge in [-0.1, -0.05) is 11.6 Å². The topological polar surface area (TPSA) is 35.2 Å². The Morgan fingerprint density at radius 3 is 2.82 bits per heavy atom. The predicted octanol–water partition coefficient (Wildman–Crippen LogP) is 3.62. The number of thiophene rings is 1. The number of halogens is 2. The quantitative estimate of drug-likeness (QED) is 0.922. The minimum Gasteiger partial charge on any atom is -0.484 e. The van der Waals surface area contributed by atoms with Gasteiger partial charge in [-0.25, -0.2) is 4.39 Å². The molecule has 0 saturated carbocycles. The molecule has 2 rings (SSSR count). The van der Waals surface area contributed by atoms with E-state index in [9.17, 15) is 4.39 Å². The van der Waals surface area contributed by atoms with Gasteiger partial charge < -0.3 is 10.5 Å². The van der Waals surface area contributed by atoms with Crippen LogP contribution in [0, 0.1) is 5.82 Å². The molecule has 0 radical (unpaired) electrons. The van der Waals surface area contributed by atoms with Crippen LogP contribution in [0.2, 0.25) is 5.02 Å². The molecule has 0 saturated heterocycles. The highest BCUT2D eigenvalue weighted by Gasteiger charge is 2.12. The maximum absolute atomic E-state index is 13.0. The Morgan fingerprint density at radius 1 is 1.41 bits per heavy atom. The van der Waals surface area contributed by atoms with Crippen LogP contribution in [0.1, 0.15) is 11.7 Å². The Morgan fingerprint density at radius 2 is 2.24 bits per heavy atom. The first-order valence-electron chi connectivity index (χ1n) is 5.04. The third kappa shape index (κ3) is 2.97. The maximum Gasteiger partial charge on any atom is 0.142 e. The van der Waals surface area contributed by atoms with Crippen LogP contribution in [-0.4, -0.2) is 6.54 Å². The molecule has 0 bridgehead atoms. The summed E-state index contributed by atoms with van der Waals surface area (Å²) in [5.74, 6) is 0.0527. The second-order valence-electron chi connectivity index (χ2n) is 3.47. The van der Waals surface area contributed by atoms with E-state index in [-0.39, 0.29) is 11.1 Å². The molecule has 2 aromatic rings. The Bertz CT molecular complexity index is 489. The molecule has 1 aromatic heterocycles. The molecule has 1 unspecified atom stereocenters. The van der Waals surface area contributed by atoms with E-state index in [1.54, 1.807) is 11.3 Å². The van der Waals surface area contributed by atoms with Crippen molar-refractivity contribution in [2.75, 3.05) is 6.54 Å². The zero-order valence-electron chi connectivity index (χ0n) is 8.90. The van der Waals surface area contributed by atoms with Gasteiger partial charge in [0.05, 0.1) is 5.02 Å². The lowest BCUT2D eigenvalue weighted by atomic mass is 10.2. The molecule has 2 nitrogen and oxygen atoms in total. The van der Waals surface area contributed by atoms with Crippen LogP contribution in [0.15, 0.2) is 35.0 Å². The summed E-state index contributed by atoms with van der Waals surface area (Å²) in [6, 6.07) is 6.22. The molecule has 0 aliphatic rings. The smallest absolute Gasteiger partial charge is 0.142 e. The molecule has 1 heterocycles. The van der Waals surface area contributed by atoms with Gasteiger partial charge in [-0.15, -0.1) is 0 Å². The van der Waals surface area contributed by atoms with Crippen molar-refractivity contribution >= 4 is 22.9 Å². The molecular weight excluding hydrogens is 261 g/mol. The van der Waals surface area contributed by atoms with Crippen LogP contribution in [0.4, 0.5) is 4.39 Å². The summed E-state index contributed by atoms with van der Waals surface area (Å²) in [6.07, 6.45) is -0.234. The van der Waals surface area contributed by atoms with E-state index in [2.05, 4.69) is 0 Å². The summed E-state index contributed by atoms with van der Waals surface area (Å²) in [5.41, 5.74) is 6.66. The fraction of sp³-hybridized carbons (Fsp3) is 0.167. The molecule has 5 heteroatoms. The Labute approximate surface area is 108 Å². The summed E-state index contributed by atoms with van der Waals surface area (Å²) in [4.78, 5) is 0. The zero-order valence-corrected chi connectivity index (χ0v) is 10.5. The molecule has 0 amide bonds. The number of nitrogens with two attached hydrogens (primary N) is 1. The normalized spacial score (nSPS) is 12.4. The van der Waals surface area contributed by atoms with Gasteiger partial charge in [-0.3, -0.25) is 0 Å². The fourth-order valence-electron chi connectivity index (χ4n) is 1.42.